The van der Waals surface area contributed by atoms with E-state index in [9.17, 15) is 0 Å². The van der Waals surface area contributed by atoms with E-state index in [1.807, 2.05) is 12.1 Å². The molecule has 2 aliphatic heterocycles. The van der Waals surface area contributed by atoms with Gasteiger partial charge in [0.25, 0.3) is 0 Å². The molecule has 1 aromatic heterocycles. The van der Waals surface area contributed by atoms with E-state index >= 15 is 0 Å². The van der Waals surface area contributed by atoms with Crippen molar-refractivity contribution in [3.63, 3.8) is 0 Å². The third kappa shape index (κ3) is 1.51. The molecule has 1 spiro atoms. The number of nitrogens with two attached hydrogens (primary N) is 1. The highest BCUT2D eigenvalue weighted by Crippen LogP contribution is 2.41. The van der Waals surface area contributed by atoms with Crippen molar-refractivity contribution < 1.29 is 4.74 Å². The highest BCUT2D eigenvalue weighted by molar-refractivity contribution is 7.22. The summed E-state index contributed by atoms with van der Waals surface area (Å²) in [6, 6.07) is 5.95. The highest BCUT2D eigenvalue weighted by atomic mass is 32.1. The van der Waals surface area contributed by atoms with E-state index in [0.29, 0.717) is 5.41 Å². The number of fused-ring (bicyclic) bond motifs is 1. The fourth-order valence-corrected chi connectivity index (χ4v) is 3.76. The zero-order chi connectivity index (χ0) is 12.2. The Balaban J connectivity index is 1.66. The Morgan fingerprint density at radius 1 is 1.39 bits per heavy atom. The van der Waals surface area contributed by atoms with Crippen LogP contribution in [0.15, 0.2) is 18.2 Å². The van der Waals surface area contributed by atoms with Crippen molar-refractivity contribution in [3.8, 4) is 0 Å². The third-order valence-corrected chi connectivity index (χ3v) is 5.02. The normalized spacial score (nSPS) is 21.7. The number of hydrogen-bond donors (Lipinski definition) is 1. The molecule has 1 aromatic carbocycles. The van der Waals surface area contributed by atoms with E-state index < -0.39 is 0 Å². The van der Waals surface area contributed by atoms with Gasteiger partial charge in [0.2, 0.25) is 0 Å². The first-order chi connectivity index (χ1) is 8.74. The number of anilines is 2. The first-order valence-electron chi connectivity index (χ1n) is 6.23. The number of ether oxygens (including phenoxy) is 1. The Kier molecular flexibility index (Phi) is 2.11. The van der Waals surface area contributed by atoms with Crippen LogP contribution >= 0.6 is 11.3 Å². The molecular formula is C13H15N3OS. The monoisotopic (exact) mass is 261 g/mol. The lowest BCUT2D eigenvalue weighted by atomic mass is 9.85. The zero-order valence-corrected chi connectivity index (χ0v) is 10.9. The maximum Gasteiger partial charge on any atom is 0.186 e. The van der Waals surface area contributed by atoms with Gasteiger partial charge in [-0.1, -0.05) is 11.3 Å². The lowest BCUT2D eigenvalue weighted by Crippen LogP contribution is -2.44. The van der Waals surface area contributed by atoms with Crippen molar-refractivity contribution in [1.82, 2.24) is 4.98 Å². The summed E-state index contributed by atoms with van der Waals surface area (Å²) in [5, 5.41) is 1.12. The number of nitrogens with zero attached hydrogens (tertiary/aromatic N) is 2. The van der Waals surface area contributed by atoms with Crippen LogP contribution in [-0.2, 0) is 4.74 Å². The molecule has 2 N–H and O–H groups in total. The van der Waals surface area contributed by atoms with Gasteiger partial charge in [-0.2, -0.15) is 0 Å². The van der Waals surface area contributed by atoms with E-state index in [-0.39, 0.29) is 0 Å². The van der Waals surface area contributed by atoms with Crippen molar-refractivity contribution >= 4 is 32.4 Å². The smallest absolute Gasteiger partial charge is 0.186 e. The highest BCUT2D eigenvalue weighted by Gasteiger charge is 2.45. The minimum atomic E-state index is 0.414. The van der Waals surface area contributed by atoms with Crippen LogP contribution in [0.25, 0.3) is 10.2 Å². The van der Waals surface area contributed by atoms with Gasteiger partial charge in [0.1, 0.15) is 0 Å². The molecule has 4 rings (SSSR count). The van der Waals surface area contributed by atoms with Crippen LogP contribution in [-0.4, -0.2) is 31.3 Å². The Morgan fingerprint density at radius 3 is 3.00 bits per heavy atom. The topological polar surface area (TPSA) is 51.4 Å². The Hall–Kier alpha value is -1.33. The predicted molar refractivity (Wildman–Crippen MR) is 74.1 cm³/mol. The zero-order valence-electron chi connectivity index (χ0n) is 10.1. The number of nitrogen functional groups attached to an aromatic ring is 1. The second kappa shape index (κ2) is 3.59. The fraction of sp³-hybridized carbons (Fsp3) is 0.462. The molecule has 3 heterocycles. The first kappa shape index (κ1) is 10.6. The standard InChI is InChI=1S/C13H15N3OS/c14-9-1-2-11-10(5-9)15-12(18-11)16-4-3-13(6-16)7-17-8-13/h1-2,5H,3-4,6-8,14H2. The molecule has 0 radical (unpaired) electrons. The van der Waals surface area contributed by atoms with Crippen molar-refractivity contribution in [3.05, 3.63) is 18.2 Å². The van der Waals surface area contributed by atoms with Crippen molar-refractivity contribution in [1.29, 1.82) is 0 Å². The van der Waals surface area contributed by atoms with Gasteiger partial charge in [-0.05, 0) is 24.6 Å². The predicted octanol–water partition coefficient (Wildman–Crippen LogP) is 2.11. The molecule has 0 aliphatic carbocycles. The first-order valence-corrected chi connectivity index (χ1v) is 7.05. The van der Waals surface area contributed by atoms with E-state index in [2.05, 4.69) is 11.0 Å². The number of benzene rings is 1. The lowest BCUT2D eigenvalue weighted by molar-refractivity contribution is -0.0985. The van der Waals surface area contributed by atoms with Crippen LogP contribution < -0.4 is 10.6 Å². The van der Waals surface area contributed by atoms with Gasteiger partial charge in [-0.3, -0.25) is 0 Å². The maximum atomic E-state index is 5.79. The number of aromatic nitrogens is 1. The molecule has 2 aromatic rings. The summed E-state index contributed by atoms with van der Waals surface area (Å²) in [6.07, 6.45) is 1.23. The summed E-state index contributed by atoms with van der Waals surface area (Å²) in [7, 11) is 0. The minimum Gasteiger partial charge on any atom is -0.399 e. The largest absolute Gasteiger partial charge is 0.399 e. The van der Waals surface area contributed by atoms with E-state index in [1.54, 1.807) is 11.3 Å². The number of rotatable bonds is 1. The average Bonchev–Trinajstić information content (AvgIpc) is 2.90. The maximum absolute atomic E-state index is 5.79. The third-order valence-electron chi connectivity index (χ3n) is 3.93. The fourth-order valence-electron chi connectivity index (χ4n) is 2.79. The summed E-state index contributed by atoms with van der Waals surface area (Å²) in [5.41, 5.74) is 8.01. The van der Waals surface area contributed by atoms with Crippen molar-refractivity contribution in [2.45, 2.75) is 6.42 Å². The van der Waals surface area contributed by atoms with E-state index in [0.717, 1.165) is 42.6 Å². The molecule has 2 fully saturated rings. The molecule has 18 heavy (non-hydrogen) atoms. The summed E-state index contributed by atoms with van der Waals surface area (Å²) in [6.45, 7) is 4.02. The molecule has 2 aliphatic rings. The van der Waals surface area contributed by atoms with Gasteiger partial charge >= 0.3 is 0 Å². The molecule has 4 nitrogen and oxygen atoms in total. The van der Waals surface area contributed by atoms with E-state index in [1.165, 1.54) is 11.1 Å². The molecule has 0 saturated carbocycles. The molecule has 2 saturated heterocycles. The van der Waals surface area contributed by atoms with Gasteiger partial charge in [-0.15, -0.1) is 0 Å². The van der Waals surface area contributed by atoms with Gasteiger partial charge in [0, 0.05) is 24.2 Å². The van der Waals surface area contributed by atoms with Crippen LogP contribution in [0.2, 0.25) is 0 Å². The van der Waals surface area contributed by atoms with Crippen LogP contribution in [0.1, 0.15) is 6.42 Å². The van der Waals surface area contributed by atoms with Crippen LogP contribution in [0, 0.1) is 5.41 Å². The summed E-state index contributed by atoms with van der Waals surface area (Å²) >= 11 is 1.76. The quantitative estimate of drug-likeness (QED) is 0.799. The molecular weight excluding hydrogens is 246 g/mol. The van der Waals surface area contributed by atoms with Crippen molar-refractivity contribution in [2.75, 3.05) is 36.9 Å². The van der Waals surface area contributed by atoms with Crippen LogP contribution in [0.3, 0.4) is 0 Å². The van der Waals surface area contributed by atoms with Gasteiger partial charge in [-0.25, -0.2) is 4.98 Å². The Morgan fingerprint density at radius 2 is 2.28 bits per heavy atom. The number of hydrogen-bond acceptors (Lipinski definition) is 5. The van der Waals surface area contributed by atoms with Gasteiger partial charge < -0.3 is 15.4 Å². The van der Waals surface area contributed by atoms with Gasteiger partial charge in [0.05, 0.1) is 23.4 Å². The van der Waals surface area contributed by atoms with E-state index in [4.69, 9.17) is 15.5 Å². The summed E-state index contributed by atoms with van der Waals surface area (Å²) in [4.78, 5) is 7.10. The van der Waals surface area contributed by atoms with Crippen LogP contribution in [0.4, 0.5) is 10.8 Å². The molecule has 0 bridgehead atoms. The van der Waals surface area contributed by atoms with Gasteiger partial charge in [0.15, 0.2) is 5.13 Å². The Bertz CT molecular complexity index is 605. The molecule has 0 atom stereocenters. The summed E-state index contributed by atoms with van der Waals surface area (Å²) in [5.74, 6) is 0. The SMILES string of the molecule is Nc1ccc2sc(N3CCC4(COC4)C3)nc2c1. The Labute approximate surface area is 109 Å². The molecule has 94 valence electrons. The number of thiazole rings is 1. The second-order valence-electron chi connectivity index (χ2n) is 5.39. The second-order valence-corrected chi connectivity index (χ2v) is 6.40. The minimum absolute atomic E-state index is 0.414. The lowest BCUT2D eigenvalue weighted by Gasteiger charge is -2.37. The molecule has 5 heteroatoms. The molecule has 0 amide bonds. The summed E-state index contributed by atoms with van der Waals surface area (Å²) < 4.78 is 6.57. The van der Waals surface area contributed by atoms with Crippen molar-refractivity contribution in [2.24, 2.45) is 5.41 Å². The van der Waals surface area contributed by atoms with Crippen LogP contribution in [0.5, 0.6) is 0 Å². The molecule has 0 unspecified atom stereocenters. The average molecular weight is 261 g/mol.